The van der Waals surface area contributed by atoms with E-state index in [0.717, 1.165) is 18.7 Å². The van der Waals surface area contributed by atoms with Crippen molar-refractivity contribution in [2.24, 2.45) is 10.9 Å². The van der Waals surface area contributed by atoms with Gasteiger partial charge in [-0.2, -0.15) is 0 Å². The van der Waals surface area contributed by atoms with E-state index in [4.69, 9.17) is 10.9 Å². The predicted octanol–water partition coefficient (Wildman–Crippen LogP) is 0.524. The van der Waals surface area contributed by atoms with Gasteiger partial charge >= 0.3 is 0 Å². The van der Waals surface area contributed by atoms with E-state index in [0.29, 0.717) is 25.2 Å². The number of pyridine rings is 1. The van der Waals surface area contributed by atoms with Crippen LogP contribution in [-0.2, 0) is 11.3 Å². The summed E-state index contributed by atoms with van der Waals surface area (Å²) in [6.07, 6.45) is 2.07. The monoisotopic (exact) mass is 293 g/mol. The fourth-order valence-electron chi connectivity index (χ4n) is 1.94. The Morgan fingerprint density at radius 3 is 2.81 bits per heavy atom. The first kappa shape index (κ1) is 16.9. The molecule has 0 atom stereocenters. The lowest BCUT2D eigenvalue weighted by molar-refractivity contribution is -0.130. The molecule has 0 bridgehead atoms. The number of oxime groups is 1. The molecule has 7 nitrogen and oxygen atoms in total. The highest BCUT2D eigenvalue weighted by atomic mass is 16.4. The minimum absolute atomic E-state index is 0.0199. The van der Waals surface area contributed by atoms with Crippen molar-refractivity contribution in [1.29, 1.82) is 0 Å². The maximum absolute atomic E-state index is 11.8. The van der Waals surface area contributed by atoms with Gasteiger partial charge in [-0.15, -0.1) is 0 Å². The van der Waals surface area contributed by atoms with Crippen molar-refractivity contribution in [3.63, 3.8) is 0 Å². The van der Waals surface area contributed by atoms with Crippen LogP contribution in [0.15, 0.2) is 23.5 Å². The summed E-state index contributed by atoms with van der Waals surface area (Å²) < 4.78 is 0. The van der Waals surface area contributed by atoms with E-state index in [1.54, 1.807) is 12.3 Å². The Balaban J connectivity index is 2.41. The molecule has 0 saturated carbocycles. The highest BCUT2D eigenvalue weighted by Crippen LogP contribution is 2.02. The number of nitrogens with two attached hydrogens (primary N) is 1. The Morgan fingerprint density at radius 2 is 2.19 bits per heavy atom. The smallest absolute Gasteiger partial charge is 0.223 e. The van der Waals surface area contributed by atoms with Gasteiger partial charge in [-0.1, -0.05) is 5.16 Å². The molecule has 0 aliphatic heterocycles. The van der Waals surface area contributed by atoms with Crippen molar-refractivity contribution in [3.8, 4) is 0 Å². The maximum atomic E-state index is 11.8. The van der Waals surface area contributed by atoms with Crippen LogP contribution in [0.3, 0.4) is 0 Å². The molecule has 1 rings (SSSR count). The molecule has 4 N–H and O–H groups in total. The molecule has 1 aromatic heterocycles. The molecule has 0 spiro atoms. The molecule has 1 aromatic rings. The first-order valence-electron chi connectivity index (χ1n) is 7.03. The zero-order valence-electron chi connectivity index (χ0n) is 12.5. The average molecular weight is 293 g/mol. The summed E-state index contributed by atoms with van der Waals surface area (Å²) in [6, 6.07) is 3.58. The number of rotatable bonds is 8. The van der Waals surface area contributed by atoms with Crippen LogP contribution in [0.1, 0.15) is 31.5 Å². The normalized spacial score (nSPS) is 11.4. The Labute approximate surface area is 124 Å². The van der Waals surface area contributed by atoms with E-state index >= 15 is 0 Å². The van der Waals surface area contributed by atoms with Crippen LogP contribution in [0.4, 0.5) is 0 Å². The van der Waals surface area contributed by atoms with Crippen molar-refractivity contribution in [3.05, 3.63) is 29.6 Å². The maximum Gasteiger partial charge on any atom is 0.223 e. The van der Waals surface area contributed by atoms with E-state index in [9.17, 15) is 4.79 Å². The van der Waals surface area contributed by atoms with E-state index in [1.807, 2.05) is 24.8 Å². The molecule has 0 radical (unpaired) electrons. The summed E-state index contributed by atoms with van der Waals surface area (Å²) in [5, 5.41) is 14.7. The van der Waals surface area contributed by atoms with Gasteiger partial charge in [0.2, 0.25) is 5.91 Å². The zero-order valence-corrected chi connectivity index (χ0v) is 12.5. The van der Waals surface area contributed by atoms with Crippen LogP contribution >= 0.6 is 0 Å². The standard InChI is InChI=1S/C14H23N5O2/c1-3-19(4-2)13(20)6-7-16-10-11-5-8-17-12(9-11)14(15)18-21/h5,8-9,16,21H,3-4,6-7,10H2,1-2H3,(H2,15,18). The van der Waals surface area contributed by atoms with E-state index in [2.05, 4.69) is 15.5 Å². The molecular formula is C14H23N5O2. The highest BCUT2D eigenvalue weighted by Gasteiger charge is 2.08. The molecule has 1 heterocycles. The molecule has 0 aliphatic carbocycles. The summed E-state index contributed by atoms with van der Waals surface area (Å²) in [5.74, 6) is 0.133. The largest absolute Gasteiger partial charge is 0.409 e. The van der Waals surface area contributed by atoms with Gasteiger partial charge in [0, 0.05) is 38.8 Å². The van der Waals surface area contributed by atoms with Crippen molar-refractivity contribution < 1.29 is 10.0 Å². The molecular weight excluding hydrogens is 270 g/mol. The number of amides is 1. The third-order valence-corrected chi connectivity index (χ3v) is 3.16. The van der Waals surface area contributed by atoms with Crippen LogP contribution in [0.25, 0.3) is 0 Å². The Kier molecular flexibility index (Phi) is 7.17. The lowest BCUT2D eigenvalue weighted by Gasteiger charge is -2.18. The third kappa shape index (κ3) is 5.39. The van der Waals surface area contributed by atoms with Crippen LogP contribution in [-0.4, -0.2) is 46.5 Å². The van der Waals surface area contributed by atoms with Crippen LogP contribution in [0.5, 0.6) is 0 Å². The second-order valence-electron chi connectivity index (χ2n) is 4.53. The highest BCUT2D eigenvalue weighted by molar-refractivity contribution is 5.95. The number of carbonyl (C=O) groups excluding carboxylic acids is 1. The second-order valence-corrected chi connectivity index (χ2v) is 4.53. The number of nitrogens with one attached hydrogen (secondary N) is 1. The quantitative estimate of drug-likeness (QED) is 0.213. The van der Waals surface area contributed by atoms with Gasteiger partial charge in [-0.3, -0.25) is 9.78 Å². The van der Waals surface area contributed by atoms with E-state index in [1.165, 1.54) is 0 Å². The van der Waals surface area contributed by atoms with Crippen molar-refractivity contribution in [1.82, 2.24) is 15.2 Å². The van der Waals surface area contributed by atoms with Gasteiger partial charge in [0.05, 0.1) is 0 Å². The molecule has 1 amide bonds. The fraction of sp³-hybridized carbons (Fsp3) is 0.500. The predicted molar refractivity (Wildman–Crippen MR) is 81.0 cm³/mol. The summed E-state index contributed by atoms with van der Waals surface area (Å²) in [6.45, 7) is 6.63. The summed E-state index contributed by atoms with van der Waals surface area (Å²) in [5.41, 5.74) is 6.88. The van der Waals surface area contributed by atoms with Crippen LogP contribution in [0, 0.1) is 0 Å². The Hall–Kier alpha value is -2.15. The lowest BCUT2D eigenvalue weighted by Crippen LogP contribution is -2.32. The van der Waals surface area contributed by atoms with Crippen LogP contribution in [0.2, 0.25) is 0 Å². The topological polar surface area (TPSA) is 104 Å². The summed E-state index contributed by atoms with van der Waals surface area (Å²) >= 11 is 0. The molecule has 116 valence electrons. The van der Waals surface area contributed by atoms with Gasteiger partial charge < -0.3 is 21.2 Å². The van der Waals surface area contributed by atoms with Gasteiger partial charge in [0.25, 0.3) is 0 Å². The van der Waals surface area contributed by atoms with E-state index < -0.39 is 0 Å². The average Bonchev–Trinajstić information content (AvgIpc) is 2.52. The molecule has 0 aromatic carbocycles. The molecule has 7 heteroatoms. The number of hydrogen-bond donors (Lipinski definition) is 3. The first-order chi connectivity index (χ1) is 10.1. The SMILES string of the molecule is CCN(CC)C(=O)CCNCc1ccnc(/C(N)=N/O)c1. The molecule has 0 saturated heterocycles. The van der Waals surface area contributed by atoms with Gasteiger partial charge in [-0.25, -0.2) is 0 Å². The van der Waals surface area contributed by atoms with Crippen molar-refractivity contribution >= 4 is 11.7 Å². The van der Waals surface area contributed by atoms with Gasteiger partial charge in [0.1, 0.15) is 5.69 Å². The zero-order chi connectivity index (χ0) is 15.7. The number of carbonyl (C=O) groups is 1. The second kappa shape index (κ2) is 8.91. The number of amidine groups is 1. The minimum atomic E-state index is -0.0199. The van der Waals surface area contributed by atoms with Crippen molar-refractivity contribution in [2.45, 2.75) is 26.8 Å². The third-order valence-electron chi connectivity index (χ3n) is 3.16. The Morgan fingerprint density at radius 1 is 1.48 bits per heavy atom. The first-order valence-corrected chi connectivity index (χ1v) is 7.03. The van der Waals surface area contributed by atoms with Crippen molar-refractivity contribution in [2.75, 3.05) is 19.6 Å². The Bertz CT molecular complexity index is 486. The molecule has 21 heavy (non-hydrogen) atoms. The molecule has 0 unspecified atom stereocenters. The minimum Gasteiger partial charge on any atom is -0.409 e. The fourth-order valence-corrected chi connectivity index (χ4v) is 1.94. The number of nitrogens with zero attached hydrogens (tertiary/aromatic N) is 3. The summed E-state index contributed by atoms with van der Waals surface area (Å²) in [7, 11) is 0. The lowest BCUT2D eigenvalue weighted by atomic mass is 10.2. The van der Waals surface area contributed by atoms with Gasteiger partial charge in [-0.05, 0) is 31.5 Å². The summed E-state index contributed by atoms with van der Waals surface area (Å²) in [4.78, 5) is 17.6. The molecule has 0 fully saturated rings. The number of aromatic nitrogens is 1. The van der Waals surface area contributed by atoms with Crippen LogP contribution < -0.4 is 11.1 Å². The van der Waals surface area contributed by atoms with Gasteiger partial charge in [0.15, 0.2) is 5.84 Å². The van der Waals surface area contributed by atoms with E-state index in [-0.39, 0.29) is 11.7 Å². The number of hydrogen-bond acceptors (Lipinski definition) is 5. The molecule has 0 aliphatic rings.